The van der Waals surface area contributed by atoms with E-state index in [-0.39, 0.29) is 22.6 Å². The highest BCUT2D eigenvalue weighted by Gasteiger charge is 2.15. The summed E-state index contributed by atoms with van der Waals surface area (Å²) in [6.07, 6.45) is 3.16. The van der Waals surface area contributed by atoms with E-state index in [4.69, 9.17) is 10.4 Å². The van der Waals surface area contributed by atoms with Crippen LogP contribution in [0, 0.1) is 0 Å². The molecular weight excluding hydrogens is 498 g/mol. The van der Waals surface area contributed by atoms with Crippen LogP contribution in [0.1, 0.15) is 20.7 Å². The zero-order chi connectivity index (χ0) is 26.8. The van der Waals surface area contributed by atoms with E-state index in [0.717, 1.165) is 0 Å². The summed E-state index contributed by atoms with van der Waals surface area (Å²) in [6, 6.07) is 13.5. The van der Waals surface area contributed by atoms with E-state index in [9.17, 15) is 19.8 Å². The Balaban J connectivity index is 1.39. The van der Waals surface area contributed by atoms with Crippen LogP contribution in [0.2, 0.25) is 0 Å². The van der Waals surface area contributed by atoms with Crippen molar-refractivity contribution in [1.29, 1.82) is 0 Å². The Hall–Kier alpha value is -5.67. The SMILES string of the molecule is O=C(NO)c1ccc(-n2cc(-c3cccc(-c4cn(-c5ccc(C(=O)NO)c(O)c5)nn4)n3)nn2)cc1O. The van der Waals surface area contributed by atoms with Crippen molar-refractivity contribution in [3.8, 4) is 45.6 Å². The molecule has 3 heterocycles. The number of carbonyl (C=O) groups excluding carboxylic acids is 2. The summed E-state index contributed by atoms with van der Waals surface area (Å²) in [4.78, 5) is 27.7. The number of amides is 2. The van der Waals surface area contributed by atoms with E-state index >= 15 is 0 Å². The molecule has 0 fully saturated rings. The molecule has 0 aliphatic rings. The monoisotopic (exact) mass is 515 g/mol. The molecule has 5 aromatic rings. The highest BCUT2D eigenvalue weighted by Crippen LogP contribution is 2.25. The van der Waals surface area contributed by atoms with Crippen molar-refractivity contribution in [2.45, 2.75) is 0 Å². The summed E-state index contributed by atoms with van der Waals surface area (Å²) >= 11 is 0. The lowest BCUT2D eigenvalue weighted by Crippen LogP contribution is -2.18. The Kier molecular flexibility index (Phi) is 6.18. The lowest BCUT2D eigenvalue weighted by Gasteiger charge is -2.05. The highest BCUT2D eigenvalue weighted by atomic mass is 16.5. The third kappa shape index (κ3) is 4.48. The van der Waals surface area contributed by atoms with Crippen LogP contribution in [0.3, 0.4) is 0 Å². The topological polar surface area (TPSA) is 213 Å². The second-order valence-corrected chi connectivity index (χ2v) is 7.79. The number of benzene rings is 2. The number of hydrogen-bond donors (Lipinski definition) is 6. The van der Waals surface area contributed by atoms with Crippen LogP contribution in [0.5, 0.6) is 11.5 Å². The number of aromatic hydroxyl groups is 2. The number of nitrogens with zero attached hydrogens (tertiary/aromatic N) is 7. The summed E-state index contributed by atoms with van der Waals surface area (Å²) in [6.45, 7) is 0. The number of rotatable bonds is 6. The number of hydroxylamine groups is 2. The fourth-order valence-electron chi connectivity index (χ4n) is 3.56. The normalized spacial score (nSPS) is 10.8. The van der Waals surface area contributed by atoms with Crippen molar-refractivity contribution in [3.63, 3.8) is 0 Å². The molecule has 0 aliphatic heterocycles. The van der Waals surface area contributed by atoms with Crippen LogP contribution in [0.25, 0.3) is 34.2 Å². The molecule has 0 unspecified atom stereocenters. The van der Waals surface area contributed by atoms with Gasteiger partial charge in [-0.2, -0.15) is 0 Å². The van der Waals surface area contributed by atoms with Gasteiger partial charge in [0.2, 0.25) is 0 Å². The van der Waals surface area contributed by atoms with Crippen molar-refractivity contribution in [2.75, 3.05) is 0 Å². The van der Waals surface area contributed by atoms with Gasteiger partial charge in [-0.3, -0.25) is 20.0 Å². The summed E-state index contributed by atoms with van der Waals surface area (Å²) in [5, 5.41) is 54.0. The fourth-order valence-corrected chi connectivity index (χ4v) is 3.56. The molecule has 0 saturated heterocycles. The van der Waals surface area contributed by atoms with Gasteiger partial charge >= 0.3 is 0 Å². The molecule has 0 bridgehead atoms. The van der Waals surface area contributed by atoms with Gasteiger partial charge in [0, 0.05) is 12.1 Å². The lowest BCUT2D eigenvalue weighted by molar-refractivity contribution is 0.0698. The van der Waals surface area contributed by atoms with Gasteiger partial charge in [0.25, 0.3) is 11.8 Å². The number of nitrogens with one attached hydrogen (secondary N) is 2. The van der Waals surface area contributed by atoms with Gasteiger partial charge in [-0.05, 0) is 36.4 Å². The minimum atomic E-state index is -0.853. The van der Waals surface area contributed by atoms with Crippen LogP contribution in [0.15, 0.2) is 67.0 Å². The Morgan fingerprint density at radius 2 is 1.11 bits per heavy atom. The van der Waals surface area contributed by atoms with E-state index in [2.05, 4.69) is 25.6 Å². The first kappa shape index (κ1) is 24.0. The smallest absolute Gasteiger partial charge is 0.278 e. The van der Waals surface area contributed by atoms with Gasteiger partial charge in [-0.1, -0.05) is 16.5 Å². The predicted octanol–water partition coefficient (Wildman–Crippen LogP) is 1.23. The van der Waals surface area contributed by atoms with Crippen molar-refractivity contribution >= 4 is 11.8 Å². The Labute approximate surface area is 212 Å². The second-order valence-electron chi connectivity index (χ2n) is 7.79. The molecule has 2 amide bonds. The number of hydrogen-bond acceptors (Lipinski definition) is 11. The van der Waals surface area contributed by atoms with E-state index < -0.39 is 11.8 Å². The average molecular weight is 515 g/mol. The van der Waals surface area contributed by atoms with E-state index in [0.29, 0.717) is 34.2 Å². The maximum atomic E-state index is 11.6. The van der Waals surface area contributed by atoms with E-state index in [1.807, 2.05) is 0 Å². The van der Waals surface area contributed by atoms with Gasteiger partial charge in [0.05, 0.1) is 46.3 Å². The molecule has 0 aliphatic carbocycles. The molecule has 0 spiro atoms. The Bertz CT molecular complexity index is 1560. The van der Waals surface area contributed by atoms with Gasteiger partial charge in [-0.25, -0.2) is 25.3 Å². The van der Waals surface area contributed by atoms with Crippen LogP contribution >= 0.6 is 0 Å². The third-order valence-electron chi connectivity index (χ3n) is 5.44. The summed E-state index contributed by atoms with van der Waals surface area (Å²) in [5.41, 5.74) is 5.31. The summed E-state index contributed by atoms with van der Waals surface area (Å²) < 4.78 is 2.76. The highest BCUT2D eigenvalue weighted by molar-refractivity contribution is 5.96. The standard InChI is InChI=1S/C23H17N9O6/c33-20-8-12(4-6-14(20)22(35)27-37)31-10-18(25-29-31)16-2-1-3-17(24-16)19-11-32(30-26-19)13-5-7-15(21(34)9-13)23(36)28-38/h1-11,33-34,37-38H,(H,27,35)(H,28,36). The average Bonchev–Trinajstić information content (AvgIpc) is 3.63. The van der Waals surface area contributed by atoms with E-state index in [1.165, 1.54) is 56.7 Å². The third-order valence-corrected chi connectivity index (χ3v) is 5.44. The molecule has 0 atom stereocenters. The van der Waals surface area contributed by atoms with Crippen molar-refractivity contribution in [1.82, 2.24) is 45.9 Å². The van der Waals surface area contributed by atoms with Crippen molar-refractivity contribution in [3.05, 3.63) is 78.1 Å². The number of carbonyl (C=O) groups is 2. The first-order valence-electron chi connectivity index (χ1n) is 10.8. The molecule has 38 heavy (non-hydrogen) atoms. The minimum Gasteiger partial charge on any atom is -0.507 e. The maximum Gasteiger partial charge on any atom is 0.278 e. The zero-order valence-corrected chi connectivity index (χ0v) is 19.1. The first-order chi connectivity index (χ1) is 18.4. The number of aromatic nitrogens is 7. The summed E-state index contributed by atoms with van der Waals surface area (Å²) in [5.74, 6) is -2.41. The molecule has 0 saturated carbocycles. The quantitative estimate of drug-likeness (QED) is 0.140. The van der Waals surface area contributed by atoms with Gasteiger partial charge < -0.3 is 10.2 Å². The molecule has 3 aromatic heterocycles. The second kappa shape index (κ2) is 9.76. The lowest BCUT2D eigenvalue weighted by atomic mass is 10.1. The van der Waals surface area contributed by atoms with Crippen LogP contribution in [-0.2, 0) is 0 Å². The van der Waals surface area contributed by atoms with Crippen molar-refractivity contribution in [2.24, 2.45) is 0 Å². The van der Waals surface area contributed by atoms with Gasteiger partial charge in [0.1, 0.15) is 22.9 Å². The molecule has 15 heteroatoms. The van der Waals surface area contributed by atoms with Gasteiger partial charge in [0.15, 0.2) is 0 Å². The molecule has 5 rings (SSSR count). The molecule has 2 aromatic carbocycles. The van der Waals surface area contributed by atoms with Crippen molar-refractivity contribution < 1.29 is 30.2 Å². The Morgan fingerprint density at radius 3 is 1.50 bits per heavy atom. The minimum absolute atomic E-state index is 0.110. The first-order valence-corrected chi connectivity index (χ1v) is 10.8. The predicted molar refractivity (Wildman–Crippen MR) is 127 cm³/mol. The maximum absolute atomic E-state index is 11.6. The van der Waals surface area contributed by atoms with Gasteiger partial charge in [-0.15, -0.1) is 10.2 Å². The number of pyridine rings is 1. The molecular formula is C23H17N9O6. The molecule has 0 radical (unpaired) electrons. The fraction of sp³-hybridized carbons (Fsp3) is 0. The number of phenolic OH excluding ortho intramolecular Hbond substituents is 2. The largest absolute Gasteiger partial charge is 0.507 e. The summed E-state index contributed by atoms with van der Waals surface area (Å²) in [7, 11) is 0. The number of phenols is 2. The Morgan fingerprint density at radius 1 is 0.658 bits per heavy atom. The molecule has 190 valence electrons. The molecule has 15 nitrogen and oxygen atoms in total. The van der Waals surface area contributed by atoms with Crippen LogP contribution < -0.4 is 11.0 Å². The van der Waals surface area contributed by atoms with Crippen LogP contribution in [-0.4, -0.2) is 67.4 Å². The van der Waals surface area contributed by atoms with Crippen LogP contribution in [0.4, 0.5) is 0 Å². The molecule has 6 N–H and O–H groups in total. The zero-order valence-electron chi connectivity index (χ0n) is 19.1. The van der Waals surface area contributed by atoms with E-state index in [1.54, 1.807) is 30.6 Å².